The van der Waals surface area contributed by atoms with E-state index in [1.807, 2.05) is 54.2 Å². The Morgan fingerprint density at radius 3 is 2.62 bits per heavy atom. The average molecular weight is 504 g/mol. The lowest BCUT2D eigenvalue weighted by atomic mass is 9.96. The second-order valence-electron chi connectivity index (χ2n) is 9.99. The van der Waals surface area contributed by atoms with Gasteiger partial charge < -0.3 is 24.6 Å². The molecule has 3 heterocycles. The van der Waals surface area contributed by atoms with Crippen LogP contribution in [0.2, 0.25) is 0 Å². The summed E-state index contributed by atoms with van der Waals surface area (Å²) in [5, 5.41) is 15.4. The number of benzene rings is 2. The number of esters is 1. The number of piperidine rings is 1. The van der Waals surface area contributed by atoms with Crippen molar-refractivity contribution in [1.29, 1.82) is 0 Å². The molecule has 194 valence electrons. The molecule has 0 aliphatic carbocycles. The number of aromatic amines is 1. The Morgan fingerprint density at radius 2 is 1.89 bits per heavy atom. The van der Waals surface area contributed by atoms with E-state index in [4.69, 9.17) is 9.73 Å². The third-order valence-electron chi connectivity index (χ3n) is 7.23. The van der Waals surface area contributed by atoms with Crippen molar-refractivity contribution < 1.29 is 19.4 Å². The Balaban J connectivity index is 1.47. The summed E-state index contributed by atoms with van der Waals surface area (Å²) in [7, 11) is 5.17. The van der Waals surface area contributed by atoms with Crippen LogP contribution < -0.4 is 5.32 Å². The quantitative estimate of drug-likeness (QED) is 0.353. The number of H-pyrrole nitrogens is 1. The predicted octanol–water partition coefficient (Wildman–Crippen LogP) is 2.74. The number of hydrogen-bond acceptors (Lipinski definition) is 7. The molecular formula is C28H33N5O4. The highest BCUT2D eigenvalue weighted by atomic mass is 16.5. The van der Waals surface area contributed by atoms with Crippen LogP contribution in [-0.2, 0) is 9.53 Å². The molecule has 3 aromatic rings. The van der Waals surface area contributed by atoms with Crippen LogP contribution in [0.1, 0.15) is 40.7 Å². The van der Waals surface area contributed by atoms with E-state index in [0.29, 0.717) is 28.9 Å². The monoisotopic (exact) mass is 503 g/mol. The van der Waals surface area contributed by atoms with Crippen LogP contribution in [0.4, 0.5) is 0 Å². The molecule has 3 unspecified atom stereocenters. The van der Waals surface area contributed by atoms with Crippen molar-refractivity contribution in [3.8, 4) is 5.88 Å². The van der Waals surface area contributed by atoms with Gasteiger partial charge in [-0.05, 0) is 45.5 Å². The number of aromatic nitrogens is 1. The Labute approximate surface area is 216 Å². The first-order valence-electron chi connectivity index (χ1n) is 12.6. The van der Waals surface area contributed by atoms with Crippen molar-refractivity contribution in [2.45, 2.75) is 37.5 Å². The molecule has 2 aliphatic rings. The molecule has 2 aliphatic heterocycles. The first-order chi connectivity index (χ1) is 17.9. The molecule has 1 aromatic heterocycles. The van der Waals surface area contributed by atoms with Crippen molar-refractivity contribution in [3.63, 3.8) is 0 Å². The molecule has 0 bridgehead atoms. The fourth-order valence-corrected chi connectivity index (χ4v) is 5.54. The van der Waals surface area contributed by atoms with E-state index in [1.165, 1.54) is 7.11 Å². The minimum Gasteiger partial charge on any atom is -0.494 e. The number of carbonyl (C=O) groups is 2. The summed E-state index contributed by atoms with van der Waals surface area (Å²) in [6.07, 6.45) is 2.39. The summed E-state index contributed by atoms with van der Waals surface area (Å²) in [6, 6.07) is 15.3. The van der Waals surface area contributed by atoms with Crippen molar-refractivity contribution in [2.75, 3.05) is 34.3 Å². The minimum absolute atomic E-state index is 0.00497. The van der Waals surface area contributed by atoms with E-state index in [9.17, 15) is 14.7 Å². The number of ether oxygens (including phenoxy) is 1. The maximum Gasteiger partial charge on any atom is 0.337 e. The van der Waals surface area contributed by atoms with Crippen LogP contribution in [0, 0.1) is 0 Å². The molecule has 0 saturated carbocycles. The van der Waals surface area contributed by atoms with Crippen molar-refractivity contribution in [1.82, 2.24) is 20.1 Å². The van der Waals surface area contributed by atoms with Gasteiger partial charge in [-0.15, -0.1) is 0 Å². The number of amides is 1. The number of hydrogen-bond donors (Lipinski definition) is 3. The van der Waals surface area contributed by atoms with E-state index in [2.05, 4.69) is 10.3 Å². The number of carbonyl (C=O) groups excluding carboxylic acids is 2. The maximum absolute atomic E-state index is 12.7. The first-order valence-corrected chi connectivity index (χ1v) is 12.6. The third-order valence-corrected chi connectivity index (χ3v) is 7.23. The second kappa shape index (κ2) is 10.4. The van der Waals surface area contributed by atoms with Crippen LogP contribution in [-0.4, -0.2) is 90.0 Å². The molecule has 37 heavy (non-hydrogen) atoms. The summed E-state index contributed by atoms with van der Waals surface area (Å²) in [5.41, 5.74) is 3.17. The fraction of sp³-hybridized carbons (Fsp3) is 0.393. The van der Waals surface area contributed by atoms with Gasteiger partial charge in [-0.25, -0.2) is 4.79 Å². The zero-order valence-corrected chi connectivity index (χ0v) is 21.4. The highest BCUT2D eigenvalue weighted by Crippen LogP contribution is 2.33. The lowest BCUT2D eigenvalue weighted by Gasteiger charge is -2.36. The molecule has 0 radical (unpaired) electrons. The molecular weight excluding hydrogens is 470 g/mol. The SMILES string of the molecule is COC(=O)c1ccc2c(C(=NC3CCC4C(CCN4C(=O)CN(C)C)N3)c3ccccc3)c(O)[nH]c2c1. The smallest absolute Gasteiger partial charge is 0.337 e. The lowest BCUT2D eigenvalue weighted by Crippen LogP contribution is -2.53. The highest BCUT2D eigenvalue weighted by molar-refractivity contribution is 6.21. The van der Waals surface area contributed by atoms with Gasteiger partial charge in [0.1, 0.15) is 6.17 Å². The normalized spacial score (nSPS) is 21.9. The molecule has 5 rings (SSSR count). The molecule has 0 spiro atoms. The Hall–Kier alpha value is -3.69. The summed E-state index contributed by atoms with van der Waals surface area (Å²) in [4.78, 5) is 36.8. The second-order valence-corrected chi connectivity index (χ2v) is 9.99. The van der Waals surface area contributed by atoms with E-state index < -0.39 is 5.97 Å². The molecule has 3 N–H and O–H groups in total. The topological polar surface area (TPSA) is 110 Å². The zero-order chi connectivity index (χ0) is 26.1. The van der Waals surface area contributed by atoms with E-state index in [-0.39, 0.29) is 30.0 Å². The maximum atomic E-state index is 12.7. The molecule has 2 saturated heterocycles. The van der Waals surface area contributed by atoms with Gasteiger partial charge in [0.25, 0.3) is 0 Å². The number of nitrogens with one attached hydrogen (secondary N) is 2. The van der Waals surface area contributed by atoms with Gasteiger partial charge in [0, 0.05) is 35.1 Å². The average Bonchev–Trinajstić information content (AvgIpc) is 3.46. The number of likely N-dealkylation sites (tertiary alicyclic amines) is 1. The first kappa shape index (κ1) is 25.0. The molecule has 3 atom stereocenters. The van der Waals surface area contributed by atoms with Crippen LogP contribution >= 0.6 is 0 Å². The summed E-state index contributed by atoms with van der Waals surface area (Å²) in [5.74, 6) is -0.277. The standard InChI is InChI=1S/C28H33N5O4/c1-32(2)16-24(34)33-14-13-20-22(33)11-12-23(29-20)31-26(17-7-5-4-6-8-17)25-19-10-9-18(28(36)37-3)15-21(19)30-27(25)35/h4-10,15,20,22-23,29-30,35H,11-14,16H2,1-3H3. The van der Waals surface area contributed by atoms with Crippen LogP contribution in [0.25, 0.3) is 10.9 Å². The molecule has 2 fully saturated rings. The Bertz CT molecular complexity index is 1330. The minimum atomic E-state index is -0.440. The van der Waals surface area contributed by atoms with Gasteiger partial charge in [-0.3, -0.25) is 15.1 Å². The van der Waals surface area contributed by atoms with E-state index >= 15 is 0 Å². The van der Waals surface area contributed by atoms with Gasteiger partial charge in [-0.2, -0.15) is 0 Å². The number of methoxy groups -OCH3 is 1. The fourth-order valence-electron chi connectivity index (χ4n) is 5.54. The van der Waals surface area contributed by atoms with Crippen molar-refractivity contribution >= 4 is 28.5 Å². The van der Waals surface area contributed by atoms with Crippen LogP contribution in [0.5, 0.6) is 5.88 Å². The number of likely N-dealkylation sites (N-methyl/N-ethyl adjacent to an activating group) is 1. The molecule has 9 nitrogen and oxygen atoms in total. The van der Waals surface area contributed by atoms with Gasteiger partial charge in [0.15, 0.2) is 5.88 Å². The molecule has 9 heteroatoms. The van der Waals surface area contributed by atoms with Crippen LogP contribution in [0.3, 0.4) is 0 Å². The van der Waals surface area contributed by atoms with Gasteiger partial charge in [0.05, 0.1) is 30.5 Å². The van der Waals surface area contributed by atoms with E-state index in [0.717, 1.165) is 36.8 Å². The summed E-state index contributed by atoms with van der Waals surface area (Å²) < 4.78 is 4.84. The number of aromatic hydroxyl groups is 1. The zero-order valence-electron chi connectivity index (χ0n) is 21.4. The van der Waals surface area contributed by atoms with E-state index in [1.54, 1.807) is 18.2 Å². The van der Waals surface area contributed by atoms with Crippen molar-refractivity contribution in [2.24, 2.45) is 4.99 Å². The number of nitrogens with zero attached hydrogens (tertiary/aromatic N) is 3. The summed E-state index contributed by atoms with van der Waals surface area (Å²) in [6.45, 7) is 1.17. The van der Waals surface area contributed by atoms with Gasteiger partial charge in [0.2, 0.25) is 5.91 Å². The molecule has 2 aromatic carbocycles. The predicted molar refractivity (Wildman–Crippen MR) is 142 cm³/mol. The number of fused-ring (bicyclic) bond motifs is 2. The lowest BCUT2D eigenvalue weighted by molar-refractivity contribution is -0.133. The number of aliphatic imine (C=N–C) groups is 1. The highest BCUT2D eigenvalue weighted by Gasteiger charge is 2.40. The Morgan fingerprint density at radius 1 is 1.11 bits per heavy atom. The van der Waals surface area contributed by atoms with Crippen molar-refractivity contribution in [3.05, 3.63) is 65.2 Å². The van der Waals surface area contributed by atoms with Crippen LogP contribution in [0.15, 0.2) is 53.5 Å². The Kier molecular flexibility index (Phi) is 6.99. The largest absolute Gasteiger partial charge is 0.494 e. The summed E-state index contributed by atoms with van der Waals surface area (Å²) >= 11 is 0. The van der Waals surface area contributed by atoms with Gasteiger partial charge in [-0.1, -0.05) is 36.4 Å². The van der Waals surface area contributed by atoms with Gasteiger partial charge >= 0.3 is 5.97 Å². The molecule has 1 amide bonds. The number of rotatable bonds is 6. The third kappa shape index (κ3) is 4.97.